The molecule has 7 heteroatoms. The van der Waals surface area contributed by atoms with Crippen molar-refractivity contribution in [3.8, 4) is 0 Å². The molecule has 3 aromatic rings. The number of carbonyl (C=O) groups excluding carboxylic acids is 2. The Morgan fingerprint density at radius 2 is 1.96 bits per heavy atom. The number of para-hydroxylation sites is 1. The topological polar surface area (TPSA) is 101 Å². The molecule has 0 atom stereocenters. The van der Waals surface area contributed by atoms with Gasteiger partial charge in [0.15, 0.2) is 0 Å². The molecule has 0 aliphatic heterocycles. The summed E-state index contributed by atoms with van der Waals surface area (Å²) in [5.41, 5.74) is 2.07. The SMILES string of the molecule is COC(=O)c1cc(C)ccc1NC(=O)CCCc1nc2ccccc2c(=O)[nH]1. The molecular weight excluding hydrogens is 358 g/mol. The predicted molar refractivity (Wildman–Crippen MR) is 106 cm³/mol. The molecule has 28 heavy (non-hydrogen) atoms. The Morgan fingerprint density at radius 3 is 2.75 bits per heavy atom. The van der Waals surface area contributed by atoms with Crippen molar-refractivity contribution in [2.45, 2.75) is 26.2 Å². The fourth-order valence-corrected chi connectivity index (χ4v) is 2.93. The Labute approximate surface area is 161 Å². The number of esters is 1. The standard InChI is InChI=1S/C21H21N3O4/c1-13-10-11-17(15(12-13)21(27)28-2)23-19(25)9-5-8-18-22-16-7-4-3-6-14(16)20(26)24-18/h3-4,6-7,10-12H,5,8-9H2,1-2H3,(H,23,25)(H,22,24,26). The highest BCUT2D eigenvalue weighted by atomic mass is 16.5. The number of rotatable bonds is 6. The molecule has 0 saturated carbocycles. The smallest absolute Gasteiger partial charge is 0.339 e. The Balaban J connectivity index is 1.63. The van der Waals surface area contributed by atoms with Gasteiger partial charge in [-0.15, -0.1) is 0 Å². The van der Waals surface area contributed by atoms with E-state index in [2.05, 4.69) is 15.3 Å². The lowest BCUT2D eigenvalue weighted by Gasteiger charge is -2.10. The number of hydrogen-bond acceptors (Lipinski definition) is 5. The van der Waals surface area contributed by atoms with E-state index < -0.39 is 5.97 Å². The summed E-state index contributed by atoms with van der Waals surface area (Å²) in [5.74, 6) is -0.184. The molecule has 0 saturated heterocycles. The Morgan fingerprint density at radius 1 is 1.18 bits per heavy atom. The molecule has 1 heterocycles. The van der Waals surface area contributed by atoms with Gasteiger partial charge < -0.3 is 15.0 Å². The van der Waals surface area contributed by atoms with Crippen molar-refractivity contribution in [3.05, 3.63) is 69.8 Å². The number of methoxy groups -OCH3 is 1. The average molecular weight is 379 g/mol. The number of nitrogens with one attached hydrogen (secondary N) is 2. The van der Waals surface area contributed by atoms with Crippen LogP contribution in [0.3, 0.4) is 0 Å². The van der Waals surface area contributed by atoms with E-state index in [1.165, 1.54) is 7.11 Å². The third-order valence-corrected chi connectivity index (χ3v) is 4.33. The molecule has 2 N–H and O–H groups in total. The summed E-state index contributed by atoms with van der Waals surface area (Å²) in [6.45, 7) is 1.86. The van der Waals surface area contributed by atoms with Crippen molar-refractivity contribution in [1.29, 1.82) is 0 Å². The number of aryl methyl sites for hydroxylation is 2. The quantitative estimate of drug-likeness (QED) is 0.641. The summed E-state index contributed by atoms with van der Waals surface area (Å²) >= 11 is 0. The third-order valence-electron chi connectivity index (χ3n) is 4.33. The molecule has 0 aliphatic carbocycles. The number of fused-ring (bicyclic) bond motifs is 1. The maximum atomic E-state index is 12.3. The van der Waals surface area contributed by atoms with Gasteiger partial charge in [0.05, 0.1) is 29.3 Å². The Bertz CT molecular complexity index is 1090. The molecular formula is C21H21N3O4. The second-order valence-corrected chi connectivity index (χ2v) is 6.47. The van der Waals surface area contributed by atoms with Crippen molar-refractivity contribution in [1.82, 2.24) is 9.97 Å². The van der Waals surface area contributed by atoms with E-state index in [1.54, 1.807) is 30.3 Å². The van der Waals surface area contributed by atoms with Crippen molar-refractivity contribution in [2.24, 2.45) is 0 Å². The van der Waals surface area contributed by atoms with Gasteiger partial charge in [0.2, 0.25) is 5.91 Å². The maximum absolute atomic E-state index is 12.3. The lowest BCUT2D eigenvalue weighted by molar-refractivity contribution is -0.116. The van der Waals surface area contributed by atoms with Crippen LogP contribution < -0.4 is 10.9 Å². The number of hydrogen-bond donors (Lipinski definition) is 2. The first-order chi connectivity index (χ1) is 13.5. The molecule has 7 nitrogen and oxygen atoms in total. The van der Waals surface area contributed by atoms with Gasteiger partial charge in [0.1, 0.15) is 5.82 Å². The van der Waals surface area contributed by atoms with Gasteiger partial charge in [-0.1, -0.05) is 23.8 Å². The number of H-pyrrole nitrogens is 1. The minimum Gasteiger partial charge on any atom is -0.465 e. The van der Waals surface area contributed by atoms with Crippen molar-refractivity contribution >= 4 is 28.5 Å². The lowest BCUT2D eigenvalue weighted by Crippen LogP contribution is -2.16. The summed E-state index contributed by atoms with van der Waals surface area (Å²) in [5, 5.41) is 3.29. The fourth-order valence-electron chi connectivity index (χ4n) is 2.93. The molecule has 0 spiro atoms. The Kier molecular flexibility index (Phi) is 5.84. The highest BCUT2D eigenvalue weighted by molar-refractivity contribution is 6.01. The normalized spacial score (nSPS) is 10.6. The van der Waals surface area contributed by atoms with Crippen LogP contribution in [0.1, 0.15) is 34.6 Å². The van der Waals surface area contributed by atoms with E-state index in [-0.39, 0.29) is 17.9 Å². The lowest BCUT2D eigenvalue weighted by atomic mass is 10.1. The van der Waals surface area contributed by atoms with Crippen molar-refractivity contribution in [2.75, 3.05) is 12.4 Å². The van der Waals surface area contributed by atoms with E-state index in [0.717, 1.165) is 5.56 Å². The molecule has 0 fully saturated rings. The number of carbonyl (C=O) groups is 2. The van der Waals surface area contributed by atoms with Crippen molar-refractivity contribution < 1.29 is 14.3 Å². The zero-order valence-electron chi connectivity index (χ0n) is 15.7. The first-order valence-electron chi connectivity index (χ1n) is 8.94. The number of ether oxygens (including phenoxy) is 1. The van der Waals surface area contributed by atoms with Gasteiger partial charge in [0.25, 0.3) is 5.56 Å². The molecule has 0 radical (unpaired) electrons. The first kappa shape index (κ1) is 19.3. The minimum absolute atomic E-state index is 0.188. The van der Waals surface area contributed by atoms with Gasteiger partial charge in [-0.25, -0.2) is 9.78 Å². The zero-order valence-corrected chi connectivity index (χ0v) is 15.7. The average Bonchev–Trinajstić information content (AvgIpc) is 2.69. The van der Waals surface area contributed by atoms with Crippen LogP contribution in [0, 0.1) is 6.92 Å². The summed E-state index contributed by atoms with van der Waals surface area (Å²) in [6, 6.07) is 12.3. The van der Waals surface area contributed by atoms with Crippen LogP contribution in [-0.2, 0) is 16.0 Å². The van der Waals surface area contributed by atoms with Crippen LogP contribution in [0.5, 0.6) is 0 Å². The predicted octanol–water partition coefficient (Wildman–Crippen LogP) is 2.98. The highest BCUT2D eigenvalue weighted by Crippen LogP contribution is 2.19. The molecule has 3 rings (SSSR count). The molecule has 0 aliphatic rings. The van der Waals surface area contributed by atoms with Gasteiger partial charge in [0, 0.05) is 12.8 Å². The number of nitrogens with zero attached hydrogens (tertiary/aromatic N) is 1. The van der Waals surface area contributed by atoms with E-state index in [1.807, 2.05) is 19.1 Å². The van der Waals surface area contributed by atoms with Crippen LogP contribution >= 0.6 is 0 Å². The van der Waals surface area contributed by atoms with Crippen molar-refractivity contribution in [3.63, 3.8) is 0 Å². The Hall–Kier alpha value is -3.48. The number of anilines is 1. The van der Waals surface area contributed by atoms with Gasteiger partial charge >= 0.3 is 5.97 Å². The number of aromatic amines is 1. The molecule has 144 valence electrons. The molecule has 1 amide bonds. The van der Waals surface area contributed by atoms with E-state index >= 15 is 0 Å². The number of aromatic nitrogens is 2. The number of amides is 1. The molecule has 0 unspecified atom stereocenters. The van der Waals surface area contributed by atoms with Gasteiger partial charge in [-0.2, -0.15) is 0 Å². The van der Waals surface area contributed by atoms with Crippen LogP contribution in [0.25, 0.3) is 10.9 Å². The molecule has 2 aromatic carbocycles. The summed E-state index contributed by atoms with van der Waals surface area (Å²) in [7, 11) is 1.30. The van der Waals surface area contributed by atoms with E-state index in [0.29, 0.717) is 40.8 Å². The van der Waals surface area contributed by atoms with Crippen LogP contribution in [0.4, 0.5) is 5.69 Å². The van der Waals surface area contributed by atoms with Crippen LogP contribution in [0.15, 0.2) is 47.3 Å². The summed E-state index contributed by atoms with van der Waals surface area (Å²) < 4.78 is 4.77. The minimum atomic E-state index is -0.503. The zero-order chi connectivity index (χ0) is 20.1. The second kappa shape index (κ2) is 8.47. The van der Waals surface area contributed by atoms with E-state index in [4.69, 9.17) is 4.74 Å². The van der Waals surface area contributed by atoms with E-state index in [9.17, 15) is 14.4 Å². The fraction of sp³-hybridized carbons (Fsp3) is 0.238. The first-order valence-corrected chi connectivity index (χ1v) is 8.94. The summed E-state index contributed by atoms with van der Waals surface area (Å²) in [4.78, 5) is 43.4. The monoisotopic (exact) mass is 379 g/mol. The van der Waals surface area contributed by atoms with Gasteiger partial charge in [-0.05, 0) is 37.6 Å². The number of benzene rings is 2. The third kappa shape index (κ3) is 4.43. The van der Waals surface area contributed by atoms with Crippen LogP contribution in [0.2, 0.25) is 0 Å². The second-order valence-electron chi connectivity index (χ2n) is 6.47. The van der Waals surface area contributed by atoms with Gasteiger partial charge in [-0.3, -0.25) is 9.59 Å². The highest BCUT2D eigenvalue weighted by Gasteiger charge is 2.14. The largest absolute Gasteiger partial charge is 0.465 e. The summed E-state index contributed by atoms with van der Waals surface area (Å²) in [6.07, 6.45) is 1.20. The molecule has 0 bridgehead atoms. The molecule has 1 aromatic heterocycles. The van der Waals surface area contributed by atoms with Crippen LogP contribution in [-0.4, -0.2) is 29.0 Å². The maximum Gasteiger partial charge on any atom is 0.339 e.